The second kappa shape index (κ2) is 7.13. The van der Waals surface area contributed by atoms with Crippen LogP contribution in [0.3, 0.4) is 0 Å². The van der Waals surface area contributed by atoms with Gasteiger partial charge in [-0.15, -0.1) is 0 Å². The predicted octanol–water partition coefficient (Wildman–Crippen LogP) is 3.83. The van der Waals surface area contributed by atoms with Gasteiger partial charge in [-0.25, -0.2) is 4.39 Å². The summed E-state index contributed by atoms with van der Waals surface area (Å²) in [5.74, 6) is -1.06. The number of carbonyl (C=O) groups excluding carboxylic acids is 2. The summed E-state index contributed by atoms with van der Waals surface area (Å²) in [6.45, 7) is 0.522. The maximum Gasteiger partial charge on any atom is 0.254 e. The second-order valence-electron chi connectivity index (χ2n) is 5.64. The molecule has 6 heteroatoms. The van der Waals surface area contributed by atoms with Crippen molar-refractivity contribution in [2.75, 3.05) is 11.9 Å². The minimum absolute atomic E-state index is 0.113. The van der Waals surface area contributed by atoms with Gasteiger partial charge in [0.1, 0.15) is 11.9 Å². The first-order chi connectivity index (χ1) is 11.6. The molecule has 1 aliphatic heterocycles. The zero-order valence-corrected chi connectivity index (χ0v) is 14.4. The smallest absolute Gasteiger partial charge is 0.254 e. The molecule has 0 bridgehead atoms. The molecule has 2 aromatic carbocycles. The highest BCUT2D eigenvalue weighted by Crippen LogP contribution is 2.24. The lowest BCUT2D eigenvalue weighted by Gasteiger charge is -2.24. The van der Waals surface area contributed by atoms with Crippen LogP contribution >= 0.6 is 15.9 Å². The maximum atomic E-state index is 13.9. The molecule has 1 N–H and O–H groups in total. The van der Waals surface area contributed by atoms with Gasteiger partial charge in [-0.1, -0.05) is 34.1 Å². The highest BCUT2D eigenvalue weighted by Gasteiger charge is 2.34. The molecule has 1 saturated heterocycles. The average molecular weight is 391 g/mol. The Labute approximate surface area is 147 Å². The Morgan fingerprint density at radius 1 is 1.17 bits per heavy atom. The van der Waals surface area contributed by atoms with Gasteiger partial charge in [0.25, 0.3) is 5.91 Å². The molecule has 0 radical (unpaired) electrons. The van der Waals surface area contributed by atoms with E-state index in [0.29, 0.717) is 23.0 Å². The number of carbonyl (C=O) groups is 2. The lowest BCUT2D eigenvalue weighted by molar-refractivity contribution is -0.119. The van der Waals surface area contributed by atoms with E-state index in [4.69, 9.17) is 0 Å². The van der Waals surface area contributed by atoms with Crippen LogP contribution in [0.4, 0.5) is 10.1 Å². The normalized spacial score (nSPS) is 16.9. The molecular weight excluding hydrogens is 375 g/mol. The van der Waals surface area contributed by atoms with Crippen molar-refractivity contribution < 1.29 is 14.0 Å². The van der Waals surface area contributed by atoms with Gasteiger partial charge in [0.15, 0.2) is 0 Å². The Hall–Kier alpha value is -2.21. The first-order valence-electron chi connectivity index (χ1n) is 7.68. The summed E-state index contributed by atoms with van der Waals surface area (Å²) < 4.78 is 14.5. The Bertz CT molecular complexity index is 767. The zero-order valence-electron chi connectivity index (χ0n) is 12.8. The maximum absolute atomic E-state index is 13.9. The van der Waals surface area contributed by atoms with Crippen LogP contribution in [0, 0.1) is 5.82 Å². The van der Waals surface area contributed by atoms with E-state index in [9.17, 15) is 14.0 Å². The zero-order chi connectivity index (χ0) is 17.1. The van der Waals surface area contributed by atoms with E-state index in [1.54, 1.807) is 35.2 Å². The summed E-state index contributed by atoms with van der Waals surface area (Å²) in [4.78, 5) is 26.7. The van der Waals surface area contributed by atoms with E-state index in [0.717, 1.165) is 6.42 Å². The highest BCUT2D eigenvalue weighted by atomic mass is 79.9. The van der Waals surface area contributed by atoms with Crippen molar-refractivity contribution in [3.05, 3.63) is 64.4 Å². The summed E-state index contributed by atoms with van der Waals surface area (Å²) in [5, 5.41) is 2.59. The fourth-order valence-electron chi connectivity index (χ4n) is 2.84. The monoisotopic (exact) mass is 390 g/mol. The molecule has 1 unspecified atom stereocenters. The van der Waals surface area contributed by atoms with Crippen molar-refractivity contribution >= 4 is 33.4 Å². The predicted molar refractivity (Wildman–Crippen MR) is 93.2 cm³/mol. The van der Waals surface area contributed by atoms with Gasteiger partial charge in [0.2, 0.25) is 5.91 Å². The fourth-order valence-corrected chi connectivity index (χ4v) is 3.17. The summed E-state index contributed by atoms with van der Waals surface area (Å²) in [6, 6.07) is 12.7. The van der Waals surface area contributed by atoms with E-state index < -0.39 is 11.9 Å². The van der Waals surface area contributed by atoms with Crippen LogP contribution in [-0.2, 0) is 4.79 Å². The molecular formula is C18H16BrFN2O2. The molecule has 2 amide bonds. The van der Waals surface area contributed by atoms with Gasteiger partial charge < -0.3 is 10.2 Å². The van der Waals surface area contributed by atoms with Gasteiger partial charge >= 0.3 is 0 Å². The van der Waals surface area contributed by atoms with Gasteiger partial charge in [-0.2, -0.15) is 0 Å². The van der Waals surface area contributed by atoms with Crippen LogP contribution in [0.1, 0.15) is 23.2 Å². The molecule has 4 nitrogen and oxygen atoms in total. The Morgan fingerprint density at radius 2 is 1.92 bits per heavy atom. The molecule has 1 heterocycles. The summed E-state index contributed by atoms with van der Waals surface area (Å²) >= 11 is 3.18. The third kappa shape index (κ3) is 3.48. The van der Waals surface area contributed by atoms with Crippen molar-refractivity contribution in [3.63, 3.8) is 0 Å². The average Bonchev–Trinajstić information content (AvgIpc) is 3.07. The standard InChI is InChI=1S/C18H16BrFN2O2/c19-13-8-9-15(14(20)11-13)21-17(23)16-7-4-10-22(16)18(24)12-5-2-1-3-6-12/h1-3,5-6,8-9,11,16H,4,7,10H2,(H,21,23). The Kier molecular flexibility index (Phi) is 4.94. The summed E-state index contributed by atoms with van der Waals surface area (Å²) in [7, 11) is 0. The van der Waals surface area contributed by atoms with Crippen molar-refractivity contribution in [1.82, 2.24) is 4.90 Å². The van der Waals surface area contributed by atoms with Crippen molar-refractivity contribution in [2.24, 2.45) is 0 Å². The molecule has 124 valence electrons. The topological polar surface area (TPSA) is 49.4 Å². The minimum atomic E-state index is -0.583. The molecule has 0 saturated carbocycles. The molecule has 0 aliphatic carbocycles. The summed E-state index contributed by atoms with van der Waals surface area (Å²) in [6.07, 6.45) is 1.32. The minimum Gasteiger partial charge on any atom is -0.327 e. The van der Waals surface area contributed by atoms with E-state index in [-0.39, 0.29) is 17.5 Å². The number of likely N-dealkylation sites (tertiary alicyclic amines) is 1. The lowest BCUT2D eigenvalue weighted by Crippen LogP contribution is -2.43. The largest absolute Gasteiger partial charge is 0.327 e. The van der Waals surface area contributed by atoms with Crippen LogP contribution in [0.2, 0.25) is 0 Å². The van der Waals surface area contributed by atoms with E-state index >= 15 is 0 Å². The number of nitrogens with zero attached hydrogens (tertiary/aromatic N) is 1. The summed E-state index contributed by atoms with van der Waals surface area (Å²) in [5.41, 5.74) is 0.661. The van der Waals surface area contributed by atoms with Gasteiger partial charge in [0, 0.05) is 16.6 Å². The third-order valence-electron chi connectivity index (χ3n) is 4.03. The van der Waals surface area contributed by atoms with E-state index in [1.807, 2.05) is 6.07 Å². The molecule has 1 aliphatic rings. The van der Waals surface area contributed by atoms with E-state index in [1.165, 1.54) is 12.1 Å². The van der Waals surface area contributed by atoms with Crippen LogP contribution < -0.4 is 5.32 Å². The van der Waals surface area contributed by atoms with Gasteiger partial charge in [-0.05, 0) is 43.2 Å². The Morgan fingerprint density at radius 3 is 2.62 bits per heavy atom. The molecule has 0 aromatic heterocycles. The van der Waals surface area contributed by atoms with Gasteiger partial charge in [0.05, 0.1) is 5.69 Å². The third-order valence-corrected chi connectivity index (χ3v) is 4.52. The second-order valence-corrected chi connectivity index (χ2v) is 6.55. The van der Waals surface area contributed by atoms with Crippen molar-refractivity contribution in [1.29, 1.82) is 0 Å². The molecule has 1 fully saturated rings. The number of anilines is 1. The van der Waals surface area contributed by atoms with Crippen molar-refractivity contribution in [2.45, 2.75) is 18.9 Å². The number of benzene rings is 2. The lowest BCUT2D eigenvalue weighted by atomic mass is 10.1. The van der Waals surface area contributed by atoms with Crippen LogP contribution in [0.25, 0.3) is 0 Å². The number of amides is 2. The molecule has 0 spiro atoms. The number of nitrogens with one attached hydrogen (secondary N) is 1. The van der Waals surface area contributed by atoms with E-state index in [2.05, 4.69) is 21.2 Å². The SMILES string of the molecule is O=C(Nc1ccc(Br)cc1F)C1CCCN1C(=O)c1ccccc1. The molecule has 2 aromatic rings. The molecule has 1 atom stereocenters. The number of hydrogen-bond acceptors (Lipinski definition) is 2. The first kappa shape index (κ1) is 16.6. The quantitative estimate of drug-likeness (QED) is 0.865. The highest BCUT2D eigenvalue weighted by molar-refractivity contribution is 9.10. The molecule has 3 rings (SSSR count). The number of rotatable bonds is 3. The first-order valence-corrected chi connectivity index (χ1v) is 8.47. The number of hydrogen-bond donors (Lipinski definition) is 1. The van der Waals surface area contributed by atoms with Gasteiger partial charge in [-0.3, -0.25) is 9.59 Å². The fraction of sp³-hybridized carbons (Fsp3) is 0.222. The van der Waals surface area contributed by atoms with Crippen LogP contribution in [0.5, 0.6) is 0 Å². The Balaban J connectivity index is 1.75. The van der Waals surface area contributed by atoms with Crippen LogP contribution in [-0.4, -0.2) is 29.3 Å². The van der Waals surface area contributed by atoms with Crippen LogP contribution in [0.15, 0.2) is 53.0 Å². The van der Waals surface area contributed by atoms with Crippen molar-refractivity contribution in [3.8, 4) is 0 Å². The number of halogens is 2. The molecule has 24 heavy (non-hydrogen) atoms.